The molecule has 0 spiro atoms. The summed E-state index contributed by atoms with van der Waals surface area (Å²) in [6.07, 6.45) is 0. The number of hydrogen-bond donors (Lipinski definition) is 2. The summed E-state index contributed by atoms with van der Waals surface area (Å²) in [5.41, 5.74) is 2.12. The number of nitrogens with zero attached hydrogens (tertiary/aromatic N) is 1. The van der Waals surface area contributed by atoms with Crippen molar-refractivity contribution in [1.29, 1.82) is 0 Å². The molecule has 3 aromatic carbocycles. The Kier molecular flexibility index (Phi) is 5.19. The molecule has 0 atom stereocenters. The van der Waals surface area contributed by atoms with E-state index in [0.717, 1.165) is 5.56 Å². The number of benzene rings is 3. The molecule has 0 aliphatic carbocycles. The number of nitro groups is 1. The monoisotopic (exact) mass is 415 g/mol. The highest BCUT2D eigenvalue weighted by molar-refractivity contribution is 6.17. The van der Waals surface area contributed by atoms with Crippen molar-refractivity contribution in [1.82, 2.24) is 0 Å². The number of nitrogens with one attached hydrogen (secondary N) is 2. The summed E-state index contributed by atoms with van der Waals surface area (Å²) in [5.74, 6) is -1.20. The van der Waals surface area contributed by atoms with Crippen LogP contribution >= 0.6 is 0 Å². The van der Waals surface area contributed by atoms with Crippen molar-refractivity contribution >= 4 is 39.8 Å². The number of carbonyl (C=O) groups is 2. The minimum absolute atomic E-state index is 0.0689. The molecule has 31 heavy (non-hydrogen) atoms. The summed E-state index contributed by atoms with van der Waals surface area (Å²) < 4.78 is 5.72. The van der Waals surface area contributed by atoms with Crippen LogP contribution in [0.15, 0.2) is 77.2 Å². The summed E-state index contributed by atoms with van der Waals surface area (Å²) in [7, 11) is 0. The quantitative estimate of drug-likeness (QED) is 0.345. The van der Waals surface area contributed by atoms with E-state index in [1.165, 1.54) is 24.3 Å². The van der Waals surface area contributed by atoms with Crippen LogP contribution in [0.1, 0.15) is 26.5 Å². The smallest absolute Gasteiger partial charge is 0.293 e. The molecule has 1 aromatic heterocycles. The second-order valence-corrected chi connectivity index (χ2v) is 6.88. The molecule has 0 aliphatic rings. The zero-order chi connectivity index (χ0) is 22.0. The zero-order valence-electron chi connectivity index (χ0n) is 16.4. The van der Waals surface area contributed by atoms with Crippen molar-refractivity contribution in [3.63, 3.8) is 0 Å². The average Bonchev–Trinajstić information content (AvgIpc) is 3.14. The van der Waals surface area contributed by atoms with Crippen LogP contribution in [0.4, 0.5) is 17.1 Å². The molecule has 0 unspecified atom stereocenters. The van der Waals surface area contributed by atoms with Gasteiger partial charge in [-0.05, 0) is 37.3 Å². The van der Waals surface area contributed by atoms with Crippen molar-refractivity contribution in [2.45, 2.75) is 6.92 Å². The number of furan rings is 1. The molecule has 2 amide bonds. The molecule has 0 fully saturated rings. The van der Waals surface area contributed by atoms with Crippen LogP contribution in [-0.2, 0) is 0 Å². The third kappa shape index (κ3) is 4.13. The van der Waals surface area contributed by atoms with Crippen molar-refractivity contribution in [2.75, 3.05) is 10.6 Å². The third-order valence-corrected chi connectivity index (χ3v) is 4.67. The Morgan fingerprint density at radius 3 is 2.39 bits per heavy atom. The van der Waals surface area contributed by atoms with E-state index < -0.39 is 16.7 Å². The van der Waals surface area contributed by atoms with Gasteiger partial charge in [0.2, 0.25) is 5.76 Å². The second kappa shape index (κ2) is 8.11. The standard InChI is InChI=1S/C23H17N3O5/c1-14-9-11-16(12-10-14)24-23(28)21-20(18-7-2-3-8-19(18)31-21)25-22(27)15-5-4-6-17(13-15)26(29)30/h2-13H,1H3,(H,24,28)(H,25,27). The van der Waals surface area contributed by atoms with Crippen LogP contribution in [0.3, 0.4) is 0 Å². The average molecular weight is 415 g/mol. The Morgan fingerprint density at radius 2 is 1.65 bits per heavy atom. The number of rotatable bonds is 5. The largest absolute Gasteiger partial charge is 0.449 e. The molecular weight excluding hydrogens is 398 g/mol. The third-order valence-electron chi connectivity index (χ3n) is 4.67. The van der Waals surface area contributed by atoms with Gasteiger partial charge >= 0.3 is 0 Å². The van der Waals surface area contributed by atoms with Crippen molar-refractivity contribution < 1.29 is 18.9 Å². The minimum atomic E-state index is -0.598. The summed E-state index contributed by atoms with van der Waals surface area (Å²) in [4.78, 5) is 36.1. The summed E-state index contributed by atoms with van der Waals surface area (Å²) >= 11 is 0. The second-order valence-electron chi connectivity index (χ2n) is 6.88. The maximum absolute atomic E-state index is 12.9. The van der Waals surface area contributed by atoms with Crippen LogP contribution in [0.2, 0.25) is 0 Å². The van der Waals surface area contributed by atoms with Gasteiger partial charge in [-0.25, -0.2) is 0 Å². The first kappa shape index (κ1) is 19.8. The van der Waals surface area contributed by atoms with E-state index in [1.54, 1.807) is 36.4 Å². The molecule has 4 rings (SSSR count). The van der Waals surface area contributed by atoms with Crippen molar-refractivity contribution in [2.24, 2.45) is 0 Å². The van der Waals surface area contributed by atoms with Gasteiger partial charge in [0.15, 0.2) is 0 Å². The van der Waals surface area contributed by atoms with Gasteiger partial charge in [0.05, 0.1) is 4.92 Å². The molecule has 4 aromatic rings. The molecule has 1 heterocycles. The van der Waals surface area contributed by atoms with Gasteiger partial charge in [-0.3, -0.25) is 19.7 Å². The van der Waals surface area contributed by atoms with E-state index in [9.17, 15) is 19.7 Å². The molecule has 0 aliphatic heterocycles. The number of nitro benzene ring substituents is 1. The Hall–Kier alpha value is -4.46. The van der Waals surface area contributed by atoms with Gasteiger partial charge in [0.25, 0.3) is 17.5 Å². The van der Waals surface area contributed by atoms with E-state index in [-0.39, 0.29) is 22.7 Å². The molecule has 0 radical (unpaired) electrons. The maximum Gasteiger partial charge on any atom is 0.293 e. The normalized spacial score (nSPS) is 10.6. The molecular formula is C23H17N3O5. The van der Waals surface area contributed by atoms with Gasteiger partial charge in [-0.15, -0.1) is 0 Å². The number of aryl methyl sites for hydroxylation is 1. The fraction of sp³-hybridized carbons (Fsp3) is 0.0435. The number of fused-ring (bicyclic) bond motifs is 1. The molecule has 2 N–H and O–H groups in total. The Balaban J connectivity index is 1.69. The lowest BCUT2D eigenvalue weighted by Crippen LogP contribution is -2.17. The van der Waals surface area contributed by atoms with Gasteiger partial charge in [-0.1, -0.05) is 35.9 Å². The first-order valence-electron chi connectivity index (χ1n) is 9.38. The molecule has 0 bridgehead atoms. The summed E-state index contributed by atoms with van der Waals surface area (Å²) in [5, 5.41) is 17.0. The Morgan fingerprint density at radius 1 is 0.903 bits per heavy atom. The van der Waals surface area contributed by atoms with Crippen molar-refractivity contribution in [3.8, 4) is 0 Å². The summed E-state index contributed by atoms with van der Waals surface area (Å²) in [6, 6.07) is 19.5. The predicted molar refractivity (Wildman–Crippen MR) is 116 cm³/mol. The predicted octanol–water partition coefficient (Wildman–Crippen LogP) is 5.15. The van der Waals surface area contributed by atoms with E-state index in [0.29, 0.717) is 16.7 Å². The Bertz CT molecular complexity index is 1310. The molecule has 0 saturated heterocycles. The van der Waals surface area contributed by atoms with Gasteiger partial charge in [0.1, 0.15) is 11.3 Å². The fourth-order valence-corrected chi connectivity index (χ4v) is 3.10. The number of amides is 2. The van der Waals surface area contributed by atoms with Crippen LogP contribution in [-0.4, -0.2) is 16.7 Å². The number of non-ortho nitro benzene ring substituents is 1. The number of para-hydroxylation sites is 1. The molecule has 8 heteroatoms. The SMILES string of the molecule is Cc1ccc(NC(=O)c2oc3ccccc3c2NC(=O)c2cccc([N+](=O)[O-])c2)cc1. The highest BCUT2D eigenvalue weighted by atomic mass is 16.6. The highest BCUT2D eigenvalue weighted by Crippen LogP contribution is 2.32. The topological polar surface area (TPSA) is 114 Å². The van der Waals surface area contributed by atoms with Crippen LogP contribution < -0.4 is 10.6 Å². The van der Waals surface area contributed by atoms with Gasteiger partial charge in [0, 0.05) is 28.8 Å². The van der Waals surface area contributed by atoms with Gasteiger partial charge < -0.3 is 15.1 Å². The highest BCUT2D eigenvalue weighted by Gasteiger charge is 2.23. The number of anilines is 2. The molecule has 154 valence electrons. The lowest BCUT2D eigenvalue weighted by Gasteiger charge is -2.08. The fourth-order valence-electron chi connectivity index (χ4n) is 3.10. The molecule has 8 nitrogen and oxygen atoms in total. The van der Waals surface area contributed by atoms with E-state index >= 15 is 0 Å². The van der Waals surface area contributed by atoms with E-state index in [1.807, 2.05) is 19.1 Å². The Labute approximate surface area is 176 Å². The van der Waals surface area contributed by atoms with Gasteiger partial charge in [-0.2, -0.15) is 0 Å². The zero-order valence-corrected chi connectivity index (χ0v) is 16.4. The molecule has 0 saturated carbocycles. The minimum Gasteiger partial charge on any atom is -0.449 e. The van der Waals surface area contributed by atoms with Crippen LogP contribution in [0, 0.1) is 17.0 Å². The lowest BCUT2D eigenvalue weighted by molar-refractivity contribution is -0.384. The van der Waals surface area contributed by atoms with Crippen molar-refractivity contribution in [3.05, 3.63) is 99.8 Å². The lowest BCUT2D eigenvalue weighted by atomic mass is 10.1. The number of hydrogen-bond acceptors (Lipinski definition) is 5. The summed E-state index contributed by atoms with van der Waals surface area (Å²) in [6.45, 7) is 1.94. The number of carbonyl (C=O) groups excluding carboxylic acids is 2. The van der Waals surface area contributed by atoms with Crippen LogP contribution in [0.25, 0.3) is 11.0 Å². The maximum atomic E-state index is 12.9. The first-order chi connectivity index (χ1) is 14.9. The van der Waals surface area contributed by atoms with E-state index in [4.69, 9.17) is 4.42 Å². The van der Waals surface area contributed by atoms with Crippen LogP contribution in [0.5, 0.6) is 0 Å². The van der Waals surface area contributed by atoms with E-state index in [2.05, 4.69) is 10.6 Å². The first-order valence-corrected chi connectivity index (χ1v) is 9.38.